The Hall–Kier alpha value is -0.830. The monoisotopic (exact) mass is 351 g/mol. The molecule has 0 heterocycles. The van der Waals surface area contributed by atoms with Crippen molar-refractivity contribution in [2.75, 3.05) is 13.6 Å². The fraction of sp³-hybridized carbons (Fsp3) is 0.294. The minimum absolute atomic E-state index is 0.0195. The molecule has 1 unspecified atom stereocenters. The van der Waals surface area contributed by atoms with Gasteiger partial charge in [0.2, 0.25) is 0 Å². The lowest BCUT2D eigenvalue weighted by molar-refractivity contribution is 0.505. The summed E-state index contributed by atoms with van der Waals surface area (Å²) in [4.78, 5) is 0. The molecule has 0 aromatic heterocycles. The van der Waals surface area contributed by atoms with E-state index in [0.29, 0.717) is 0 Å². The molecule has 1 atom stereocenters. The number of halogens is 2. The average Bonchev–Trinajstić information content (AvgIpc) is 2.46. The third-order valence-corrected chi connectivity index (χ3v) is 4.62. The normalized spacial score (nSPS) is 14.0. The van der Waals surface area contributed by atoms with Crippen molar-refractivity contribution in [1.29, 1.82) is 0 Å². The summed E-state index contributed by atoms with van der Waals surface area (Å²) in [6.07, 6.45) is 1.03. The first kappa shape index (κ1) is 15.6. The van der Waals surface area contributed by atoms with Gasteiger partial charge in [0.05, 0.1) is 0 Å². The van der Waals surface area contributed by atoms with E-state index in [2.05, 4.69) is 64.6 Å². The van der Waals surface area contributed by atoms with Gasteiger partial charge in [0, 0.05) is 14.9 Å². The molecule has 0 amide bonds. The summed E-state index contributed by atoms with van der Waals surface area (Å²) in [5.74, 6) is 0. The Morgan fingerprint density at radius 1 is 1.00 bits per heavy atom. The molecule has 20 heavy (non-hydrogen) atoms. The van der Waals surface area contributed by atoms with Crippen molar-refractivity contribution in [2.45, 2.75) is 18.8 Å². The first-order chi connectivity index (χ1) is 9.56. The quantitative estimate of drug-likeness (QED) is 0.797. The molecule has 0 fully saturated rings. The molecule has 3 heteroatoms. The lowest BCUT2D eigenvalue weighted by Gasteiger charge is -2.31. The highest BCUT2D eigenvalue weighted by Gasteiger charge is 2.28. The van der Waals surface area contributed by atoms with Gasteiger partial charge >= 0.3 is 0 Å². The van der Waals surface area contributed by atoms with Crippen molar-refractivity contribution in [3.63, 3.8) is 0 Å². The zero-order valence-corrected chi connectivity index (χ0v) is 14.1. The molecule has 0 saturated carbocycles. The summed E-state index contributed by atoms with van der Waals surface area (Å²) >= 11 is 9.52. The zero-order valence-electron chi connectivity index (χ0n) is 11.8. The van der Waals surface area contributed by atoms with Crippen LogP contribution in [0.3, 0.4) is 0 Å². The minimum Gasteiger partial charge on any atom is -0.320 e. The summed E-state index contributed by atoms with van der Waals surface area (Å²) in [5.41, 5.74) is 2.59. The number of hydrogen-bond acceptors (Lipinski definition) is 1. The molecule has 0 bridgehead atoms. The Morgan fingerprint density at radius 3 is 2.00 bits per heavy atom. The van der Waals surface area contributed by atoms with Gasteiger partial charge in [0.1, 0.15) is 0 Å². The topological polar surface area (TPSA) is 12.0 Å². The van der Waals surface area contributed by atoms with E-state index in [1.807, 2.05) is 19.2 Å². The third-order valence-electron chi connectivity index (χ3n) is 3.84. The molecule has 0 radical (unpaired) electrons. The van der Waals surface area contributed by atoms with Gasteiger partial charge in [0.25, 0.3) is 0 Å². The molecule has 1 N–H and O–H groups in total. The SMILES string of the molecule is CNCCC(C)(c1ccc(Cl)cc1)c1ccc(Br)cc1. The van der Waals surface area contributed by atoms with Crippen LogP contribution in [0.2, 0.25) is 5.02 Å². The van der Waals surface area contributed by atoms with Crippen LogP contribution in [0, 0.1) is 0 Å². The molecule has 0 saturated heterocycles. The number of benzene rings is 2. The first-order valence-electron chi connectivity index (χ1n) is 6.73. The average molecular weight is 353 g/mol. The van der Waals surface area contributed by atoms with Crippen LogP contribution in [-0.4, -0.2) is 13.6 Å². The van der Waals surface area contributed by atoms with Crippen LogP contribution in [0.5, 0.6) is 0 Å². The molecule has 0 aliphatic heterocycles. The molecule has 1 nitrogen and oxygen atoms in total. The van der Waals surface area contributed by atoms with Crippen LogP contribution >= 0.6 is 27.5 Å². The van der Waals surface area contributed by atoms with Gasteiger partial charge in [-0.15, -0.1) is 0 Å². The predicted octanol–water partition coefficient (Wildman–Crippen LogP) is 5.02. The van der Waals surface area contributed by atoms with Gasteiger partial charge < -0.3 is 5.32 Å². The van der Waals surface area contributed by atoms with Crippen LogP contribution in [0.4, 0.5) is 0 Å². The van der Waals surface area contributed by atoms with Crippen molar-refractivity contribution in [3.05, 3.63) is 69.2 Å². The number of nitrogens with one attached hydrogen (secondary N) is 1. The number of rotatable bonds is 5. The van der Waals surface area contributed by atoms with Crippen molar-refractivity contribution in [1.82, 2.24) is 5.32 Å². The molecule has 2 aromatic carbocycles. The van der Waals surface area contributed by atoms with Gasteiger partial charge in [-0.05, 0) is 55.4 Å². The van der Waals surface area contributed by atoms with Gasteiger partial charge in [-0.25, -0.2) is 0 Å². The summed E-state index contributed by atoms with van der Waals surface area (Å²) in [5, 5.41) is 4.03. The second-order valence-electron chi connectivity index (χ2n) is 5.20. The minimum atomic E-state index is -0.0195. The molecule has 0 aliphatic rings. The van der Waals surface area contributed by atoms with Gasteiger partial charge in [-0.1, -0.05) is 58.7 Å². The Kier molecular flexibility index (Phi) is 5.25. The van der Waals surface area contributed by atoms with E-state index >= 15 is 0 Å². The van der Waals surface area contributed by atoms with E-state index in [9.17, 15) is 0 Å². The van der Waals surface area contributed by atoms with Crippen LogP contribution in [0.25, 0.3) is 0 Å². The van der Waals surface area contributed by atoms with Crippen molar-refractivity contribution < 1.29 is 0 Å². The van der Waals surface area contributed by atoms with E-state index < -0.39 is 0 Å². The highest BCUT2D eigenvalue weighted by Crippen LogP contribution is 2.36. The first-order valence-corrected chi connectivity index (χ1v) is 7.90. The smallest absolute Gasteiger partial charge is 0.0406 e. The maximum absolute atomic E-state index is 6.01. The van der Waals surface area contributed by atoms with E-state index in [1.54, 1.807) is 0 Å². The van der Waals surface area contributed by atoms with E-state index in [0.717, 1.165) is 22.5 Å². The molecule has 2 aromatic rings. The van der Waals surface area contributed by atoms with Crippen molar-refractivity contribution in [2.24, 2.45) is 0 Å². The molecule has 2 rings (SSSR count). The summed E-state index contributed by atoms with van der Waals surface area (Å²) in [6.45, 7) is 3.26. The molecule has 106 valence electrons. The van der Waals surface area contributed by atoms with E-state index in [1.165, 1.54) is 11.1 Å². The van der Waals surface area contributed by atoms with Crippen molar-refractivity contribution in [3.8, 4) is 0 Å². The second kappa shape index (κ2) is 6.75. The van der Waals surface area contributed by atoms with Crippen molar-refractivity contribution >= 4 is 27.5 Å². The largest absolute Gasteiger partial charge is 0.320 e. The molecular formula is C17H19BrClN. The maximum atomic E-state index is 6.01. The highest BCUT2D eigenvalue weighted by atomic mass is 79.9. The fourth-order valence-corrected chi connectivity index (χ4v) is 2.86. The molecular weight excluding hydrogens is 334 g/mol. The Morgan fingerprint density at radius 2 is 1.50 bits per heavy atom. The molecule has 0 aliphatic carbocycles. The van der Waals surface area contributed by atoms with Crippen LogP contribution < -0.4 is 5.32 Å². The number of hydrogen-bond donors (Lipinski definition) is 1. The van der Waals surface area contributed by atoms with Gasteiger partial charge in [-0.3, -0.25) is 0 Å². The summed E-state index contributed by atoms with van der Waals surface area (Å²) < 4.78 is 1.10. The Labute approximate surface area is 134 Å². The fourth-order valence-electron chi connectivity index (χ4n) is 2.47. The van der Waals surface area contributed by atoms with E-state index in [-0.39, 0.29) is 5.41 Å². The maximum Gasteiger partial charge on any atom is 0.0406 e. The second-order valence-corrected chi connectivity index (χ2v) is 6.55. The zero-order chi connectivity index (χ0) is 14.6. The predicted molar refractivity (Wildman–Crippen MR) is 90.6 cm³/mol. The van der Waals surface area contributed by atoms with E-state index in [4.69, 9.17) is 11.6 Å². The Bertz CT molecular complexity index is 503. The molecule has 0 spiro atoms. The third kappa shape index (κ3) is 3.43. The van der Waals surface area contributed by atoms with Crippen LogP contribution in [0.15, 0.2) is 53.0 Å². The lowest BCUT2D eigenvalue weighted by Crippen LogP contribution is -2.28. The van der Waals surface area contributed by atoms with Gasteiger partial charge in [-0.2, -0.15) is 0 Å². The lowest BCUT2D eigenvalue weighted by atomic mass is 9.74. The van der Waals surface area contributed by atoms with Crippen LogP contribution in [0.1, 0.15) is 24.5 Å². The highest BCUT2D eigenvalue weighted by molar-refractivity contribution is 9.10. The summed E-state index contributed by atoms with van der Waals surface area (Å²) in [7, 11) is 1.99. The van der Waals surface area contributed by atoms with Gasteiger partial charge in [0.15, 0.2) is 0 Å². The summed E-state index contributed by atoms with van der Waals surface area (Å²) in [6, 6.07) is 16.8. The standard InChI is InChI=1S/C17H19BrClN/c1-17(11-12-20-2,13-3-7-15(18)8-4-13)14-5-9-16(19)10-6-14/h3-10,20H,11-12H2,1-2H3. The Balaban J connectivity index is 2.43. The van der Waals surface area contributed by atoms with Crippen LogP contribution in [-0.2, 0) is 5.41 Å².